The maximum atomic E-state index is 10.3. The van der Waals surface area contributed by atoms with E-state index in [0.29, 0.717) is 10.7 Å². The van der Waals surface area contributed by atoms with Gasteiger partial charge in [0, 0.05) is 28.7 Å². The first-order valence-corrected chi connectivity index (χ1v) is 5.87. The Morgan fingerprint density at radius 3 is 2.88 bits per heavy atom. The molecule has 0 radical (unpaired) electrons. The second-order valence-corrected chi connectivity index (χ2v) is 4.97. The number of benzene rings is 1. The molecule has 0 bridgehead atoms. The number of aliphatic hydroxyl groups is 1. The molecule has 1 aromatic rings. The number of nitrogens with zero attached hydrogens (tertiary/aromatic N) is 1. The topological polar surface area (TPSA) is 49.5 Å². The lowest BCUT2D eigenvalue weighted by Crippen LogP contribution is -2.19. The third-order valence-electron chi connectivity index (χ3n) is 3.24. The van der Waals surface area contributed by atoms with Crippen molar-refractivity contribution in [2.24, 2.45) is 5.92 Å². The van der Waals surface area contributed by atoms with Crippen LogP contribution in [0.3, 0.4) is 0 Å². The second-order valence-electron chi connectivity index (χ2n) is 4.53. The highest BCUT2D eigenvalue weighted by Gasteiger charge is 2.28. The van der Waals surface area contributed by atoms with E-state index in [1.54, 1.807) is 12.1 Å². The van der Waals surface area contributed by atoms with Crippen LogP contribution < -0.4 is 5.73 Å². The lowest BCUT2D eigenvalue weighted by Gasteiger charge is -2.20. The summed E-state index contributed by atoms with van der Waals surface area (Å²) in [5.74, 6) is 0.272. The van der Waals surface area contributed by atoms with E-state index in [1.807, 2.05) is 6.07 Å². The number of aliphatic hydroxyl groups excluding tert-OH is 1. The smallest absolute Gasteiger partial charge is 0.0850 e. The van der Waals surface area contributed by atoms with Gasteiger partial charge in [0.15, 0.2) is 0 Å². The molecule has 88 valence electrons. The zero-order chi connectivity index (χ0) is 11.7. The van der Waals surface area contributed by atoms with E-state index in [2.05, 4.69) is 11.9 Å². The molecule has 4 heteroatoms. The Kier molecular flexibility index (Phi) is 3.38. The molecule has 0 aliphatic carbocycles. The highest BCUT2D eigenvalue weighted by molar-refractivity contribution is 6.30. The molecule has 0 aromatic heterocycles. The van der Waals surface area contributed by atoms with Gasteiger partial charge in [0.2, 0.25) is 0 Å². The van der Waals surface area contributed by atoms with Crippen LogP contribution in [-0.2, 0) is 0 Å². The lowest BCUT2D eigenvalue weighted by molar-refractivity contribution is 0.113. The molecular weight excluding hydrogens is 224 g/mol. The van der Waals surface area contributed by atoms with Crippen LogP contribution in [0.5, 0.6) is 0 Å². The van der Waals surface area contributed by atoms with Gasteiger partial charge in [-0.15, -0.1) is 0 Å². The fourth-order valence-corrected chi connectivity index (χ4v) is 2.48. The summed E-state index contributed by atoms with van der Waals surface area (Å²) in [4.78, 5) is 2.22. The van der Waals surface area contributed by atoms with Crippen molar-refractivity contribution in [2.75, 3.05) is 25.9 Å². The predicted octanol–water partition coefficient (Wildman–Crippen LogP) is 1.91. The number of anilines is 1. The van der Waals surface area contributed by atoms with Crippen molar-refractivity contribution in [3.8, 4) is 0 Å². The number of hydrogen-bond acceptors (Lipinski definition) is 3. The van der Waals surface area contributed by atoms with Crippen LogP contribution >= 0.6 is 11.6 Å². The maximum absolute atomic E-state index is 10.3. The van der Waals surface area contributed by atoms with Gasteiger partial charge in [0.05, 0.1) is 6.10 Å². The minimum Gasteiger partial charge on any atom is -0.398 e. The van der Waals surface area contributed by atoms with E-state index < -0.39 is 6.10 Å². The van der Waals surface area contributed by atoms with Gasteiger partial charge in [-0.05, 0) is 32.1 Å². The number of halogens is 1. The predicted molar refractivity (Wildman–Crippen MR) is 66.4 cm³/mol. The minimum atomic E-state index is -0.484. The fourth-order valence-electron chi connectivity index (χ4n) is 2.30. The molecule has 1 fully saturated rings. The van der Waals surface area contributed by atoms with Crippen LogP contribution in [0.25, 0.3) is 0 Å². The van der Waals surface area contributed by atoms with Crippen LogP contribution in [0.15, 0.2) is 18.2 Å². The number of likely N-dealkylation sites (tertiary alicyclic amines) is 1. The van der Waals surface area contributed by atoms with Crippen molar-refractivity contribution in [3.05, 3.63) is 28.8 Å². The quantitative estimate of drug-likeness (QED) is 0.777. The largest absolute Gasteiger partial charge is 0.398 e. The average Bonchev–Trinajstić information content (AvgIpc) is 2.64. The van der Waals surface area contributed by atoms with Crippen molar-refractivity contribution in [1.29, 1.82) is 0 Å². The van der Waals surface area contributed by atoms with Crippen LogP contribution in [0.1, 0.15) is 18.1 Å². The van der Waals surface area contributed by atoms with Gasteiger partial charge in [-0.25, -0.2) is 0 Å². The van der Waals surface area contributed by atoms with Crippen LogP contribution in [0.4, 0.5) is 5.69 Å². The zero-order valence-electron chi connectivity index (χ0n) is 9.36. The Balaban J connectivity index is 2.17. The summed E-state index contributed by atoms with van der Waals surface area (Å²) in [5, 5.41) is 10.9. The molecule has 2 unspecified atom stereocenters. The molecule has 2 atom stereocenters. The monoisotopic (exact) mass is 240 g/mol. The van der Waals surface area contributed by atoms with E-state index in [4.69, 9.17) is 17.3 Å². The highest BCUT2D eigenvalue weighted by atomic mass is 35.5. The van der Waals surface area contributed by atoms with Crippen LogP contribution in [0.2, 0.25) is 5.02 Å². The van der Waals surface area contributed by atoms with Crippen molar-refractivity contribution < 1.29 is 5.11 Å². The Labute approximate surface area is 101 Å². The van der Waals surface area contributed by atoms with E-state index in [9.17, 15) is 5.11 Å². The van der Waals surface area contributed by atoms with Crippen molar-refractivity contribution >= 4 is 17.3 Å². The first-order valence-electron chi connectivity index (χ1n) is 5.49. The molecule has 2 rings (SSSR count). The molecule has 0 spiro atoms. The van der Waals surface area contributed by atoms with Gasteiger partial charge in [-0.3, -0.25) is 0 Å². The Bertz CT molecular complexity index is 383. The third kappa shape index (κ3) is 2.32. The Morgan fingerprint density at radius 1 is 1.56 bits per heavy atom. The Morgan fingerprint density at radius 2 is 2.31 bits per heavy atom. The molecule has 3 nitrogen and oxygen atoms in total. The second kappa shape index (κ2) is 4.62. The number of hydrogen-bond donors (Lipinski definition) is 2. The number of nitrogens with two attached hydrogens (primary N) is 1. The van der Waals surface area contributed by atoms with E-state index >= 15 is 0 Å². The molecular formula is C12H17ClN2O. The fraction of sp³-hybridized carbons (Fsp3) is 0.500. The van der Waals surface area contributed by atoms with Crippen molar-refractivity contribution in [1.82, 2.24) is 4.90 Å². The summed E-state index contributed by atoms with van der Waals surface area (Å²) in [5.41, 5.74) is 7.24. The first-order chi connectivity index (χ1) is 7.58. The summed E-state index contributed by atoms with van der Waals surface area (Å²) in [6.45, 7) is 1.96. The van der Waals surface area contributed by atoms with E-state index in [1.165, 1.54) is 0 Å². The maximum Gasteiger partial charge on any atom is 0.0850 e. The van der Waals surface area contributed by atoms with Crippen molar-refractivity contribution in [2.45, 2.75) is 12.5 Å². The van der Waals surface area contributed by atoms with E-state index in [0.717, 1.165) is 25.1 Å². The Hall–Kier alpha value is -0.770. The standard InChI is InChI=1S/C12H17ClN2O/c1-15-5-4-8(7-15)12(16)10-3-2-9(13)6-11(10)14/h2-3,6,8,12,16H,4-5,7,14H2,1H3. The normalized spacial score (nSPS) is 23.6. The summed E-state index contributed by atoms with van der Waals surface area (Å²) in [6, 6.07) is 5.29. The minimum absolute atomic E-state index is 0.272. The third-order valence-corrected chi connectivity index (χ3v) is 3.48. The molecule has 0 amide bonds. The molecule has 0 saturated carbocycles. The summed E-state index contributed by atoms with van der Waals surface area (Å²) >= 11 is 5.83. The molecule has 1 heterocycles. The van der Waals surface area contributed by atoms with Crippen LogP contribution in [0, 0.1) is 5.92 Å². The zero-order valence-corrected chi connectivity index (χ0v) is 10.1. The SMILES string of the molecule is CN1CCC(C(O)c2ccc(Cl)cc2N)C1. The molecule has 1 aliphatic heterocycles. The molecule has 1 saturated heterocycles. The lowest BCUT2D eigenvalue weighted by atomic mass is 9.94. The number of nitrogen functional groups attached to an aromatic ring is 1. The summed E-state index contributed by atoms with van der Waals surface area (Å²) in [6.07, 6.45) is 0.530. The molecule has 16 heavy (non-hydrogen) atoms. The van der Waals surface area contributed by atoms with Gasteiger partial charge >= 0.3 is 0 Å². The molecule has 1 aromatic carbocycles. The van der Waals surface area contributed by atoms with Gasteiger partial charge in [-0.1, -0.05) is 17.7 Å². The van der Waals surface area contributed by atoms with Gasteiger partial charge < -0.3 is 15.7 Å². The average molecular weight is 241 g/mol. The molecule has 3 N–H and O–H groups in total. The van der Waals surface area contributed by atoms with Crippen molar-refractivity contribution in [3.63, 3.8) is 0 Å². The van der Waals surface area contributed by atoms with Gasteiger partial charge in [0.1, 0.15) is 0 Å². The van der Waals surface area contributed by atoms with Crippen LogP contribution in [-0.4, -0.2) is 30.1 Å². The van der Waals surface area contributed by atoms with Gasteiger partial charge in [0.25, 0.3) is 0 Å². The van der Waals surface area contributed by atoms with Gasteiger partial charge in [-0.2, -0.15) is 0 Å². The number of rotatable bonds is 2. The molecule has 1 aliphatic rings. The first kappa shape index (κ1) is 11.7. The van der Waals surface area contributed by atoms with E-state index in [-0.39, 0.29) is 5.92 Å². The highest BCUT2D eigenvalue weighted by Crippen LogP contribution is 2.33. The summed E-state index contributed by atoms with van der Waals surface area (Å²) in [7, 11) is 2.07. The summed E-state index contributed by atoms with van der Waals surface area (Å²) < 4.78 is 0.